The zero-order chi connectivity index (χ0) is 12.8. The van der Waals surface area contributed by atoms with Gasteiger partial charge in [-0.05, 0) is 12.5 Å². The van der Waals surface area contributed by atoms with Crippen LogP contribution < -0.4 is 0 Å². The number of benzene rings is 1. The number of rotatable bonds is 5. The van der Waals surface area contributed by atoms with E-state index < -0.39 is 5.97 Å². The highest BCUT2D eigenvalue weighted by molar-refractivity contribution is 6.07. The van der Waals surface area contributed by atoms with Crippen molar-refractivity contribution in [3.63, 3.8) is 0 Å². The lowest BCUT2D eigenvalue weighted by Crippen LogP contribution is -2.10. The Morgan fingerprint density at radius 2 is 2.06 bits per heavy atom. The number of carbonyl (C=O) groups excluding carboxylic acids is 2. The van der Waals surface area contributed by atoms with Gasteiger partial charge in [0, 0.05) is 12.0 Å². The molecule has 0 fully saturated rings. The molecule has 1 aromatic carbocycles. The molecule has 0 aliphatic rings. The first kappa shape index (κ1) is 13.2. The van der Waals surface area contributed by atoms with Crippen molar-refractivity contribution in [2.45, 2.75) is 26.2 Å². The molecule has 0 atom stereocenters. The van der Waals surface area contributed by atoms with Crippen LogP contribution in [0, 0.1) is 0 Å². The van der Waals surface area contributed by atoms with E-state index in [4.69, 9.17) is 0 Å². The highest BCUT2D eigenvalue weighted by Crippen LogP contribution is 2.23. The summed E-state index contributed by atoms with van der Waals surface area (Å²) in [6.45, 7) is 1.98. The van der Waals surface area contributed by atoms with Gasteiger partial charge in [-0.3, -0.25) is 4.79 Å². The summed E-state index contributed by atoms with van der Waals surface area (Å²) in [5.41, 5.74) is 0.182. The van der Waals surface area contributed by atoms with E-state index in [0.29, 0.717) is 6.42 Å². The Hall–Kier alpha value is -1.84. The topological polar surface area (TPSA) is 63.6 Å². The van der Waals surface area contributed by atoms with Gasteiger partial charge in [0.05, 0.1) is 7.11 Å². The highest BCUT2D eigenvalue weighted by Gasteiger charge is 2.20. The van der Waals surface area contributed by atoms with Crippen LogP contribution in [-0.2, 0) is 4.74 Å². The van der Waals surface area contributed by atoms with Gasteiger partial charge < -0.3 is 9.84 Å². The summed E-state index contributed by atoms with van der Waals surface area (Å²) in [7, 11) is 1.22. The molecular weight excluding hydrogens is 220 g/mol. The third-order valence-corrected chi connectivity index (χ3v) is 2.49. The zero-order valence-corrected chi connectivity index (χ0v) is 10.0. The summed E-state index contributed by atoms with van der Waals surface area (Å²) in [6.07, 6.45) is 2.02. The summed E-state index contributed by atoms with van der Waals surface area (Å²) >= 11 is 0. The summed E-state index contributed by atoms with van der Waals surface area (Å²) < 4.78 is 4.56. The first-order chi connectivity index (χ1) is 8.11. The lowest BCUT2D eigenvalue weighted by atomic mass is 9.99. The predicted molar refractivity (Wildman–Crippen MR) is 63.3 cm³/mol. The second-order valence-corrected chi connectivity index (χ2v) is 3.72. The van der Waals surface area contributed by atoms with Crippen molar-refractivity contribution in [2.75, 3.05) is 7.11 Å². The number of esters is 1. The molecule has 0 aliphatic heterocycles. The number of hydrogen-bond acceptors (Lipinski definition) is 4. The molecule has 1 rings (SSSR count). The molecule has 0 saturated heterocycles. The average molecular weight is 236 g/mol. The average Bonchev–Trinajstić information content (AvgIpc) is 2.34. The molecule has 0 amide bonds. The van der Waals surface area contributed by atoms with E-state index in [1.807, 2.05) is 6.92 Å². The first-order valence-corrected chi connectivity index (χ1v) is 5.55. The number of phenolic OH excluding ortho intramolecular Hbond substituents is 1. The van der Waals surface area contributed by atoms with E-state index in [2.05, 4.69) is 4.74 Å². The van der Waals surface area contributed by atoms with Crippen molar-refractivity contribution in [1.29, 1.82) is 0 Å². The largest absolute Gasteiger partial charge is 0.507 e. The lowest BCUT2D eigenvalue weighted by molar-refractivity contribution is 0.0593. The molecule has 4 nitrogen and oxygen atoms in total. The Balaban J connectivity index is 3.10. The van der Waals surface area contributed by atoms with Crippen molar-refractivity contribution in [1.82, 2.24) is 0 Å². The summed E-state index contributed by atoms with van der Waals surface area (Å²) in [4.78, 5) is 23.4. The third kappa shape index (κ3) is 3.06. The molecule has 17 heavy (non-hydrogen) atoms. The van der Waals surface area contributed by atoms with Gasteiger partial charge in [-0.1, -0.05) is 25.5 Å². The monoisotopic (exact) mass is 236 g/mol. The van der Waals surface area contributed by atoms with Gasteiger partial charge in [-0.15, -0.1) is 0 Å². The van der Waals surface area contributed by atoms with Crippen LogP contribution in [0.2, 0.25) is 0 Å². The van der Waals surface area contributed by atoms with Crippen molar-refractivity contribution in [3.8, 4) is 5.75 Å². The van der Waals surface area contributed by atoms with Gasteiger partial charge in [0.25, 0.3) is 0 Å². The van der Waals surface area contributed by atoms with Crippen LogP contribution in [0.1, 0.15) is 46.9 Å². The fourth-order valence-electron chi connectivity index (χ4n) is 1.56. The SMILES string of the molecule is CCCCC(=O)c1cccc(O)c1C(=O)OC. The van der Waals surface area contributed by atoms with Crippen LogP contribution in [0.5, 0.6) is 5.75 Å². The molecule has 1 aromatic rings. The van der Waals surface area contributed by atoms with Gasteiger partial charge in [0.2, 0.25) is 0 Å². The van der Waals surface area contributed by atoms with E-state index in [-0.39, 0.29) is 22.7 Å². The van der Waals surface area contributed by atoms with Gasteiger partial charge >= 0.3 is 5.97 Å². The summed E-state index contributed by atoms with van der Waals surface area (Å²) in [5, 5.41) is 9.61. The smallest absolute Gasteiger partial charge is 0.342 e. The number of methoxy groups -OCH3 is 1. The van der Waals surface area contributed by atoms with Crippen molar-refractivity contribution in [2.24, 2.45) is 0 Å². The number of unbranched alkanes of at least 4 members (excludes halogenated alkanes) is 1. The zero-order valence-electron chi connectivity index (χ0n) is 10.0. The number of aromatic hydroxyl groups is 1. The molecule has 4 heteroatoms. The molecule has 0 unspecified atom stereocenters. The van der Waals surface area contributed by atoms with Gasteiger partial charge in [0.15, 0.2) is 5.78 Å². The third-order valence-electron chi connectivity index (χ3n) is 2.49. The van der Waals surface area contributed by atoms with Crippen molar-refractivity contribution >= 4 is 11.8 Å². The van der Waals surface area contributed by atoms with Crippen LogP contribution in [0.15, 0.2) is 18.2 Å². The Bertz CT molecular complexity index is 423. The number of Topliss-reactive ketones (excluding diaryl/α,β-unsaturated/α-hetero) is 1. The molecule has 1 N–H and O–H groups in total. The molecule has 0 heterocycles. The Kier molecular flexibility index (Phi) is 4.69. The maximum absolute atomic E-state index is 11.9. The van der Waals surface area contributed by atoms with E-state index in [1.165, 1.54) is 19.2 Å². The van der Waals surface area contributed by atoms with Crippen LogP contribution >= 0.6 is 0 Å². The number of hydrogen-bond donors (Lipinski definition) is 1. The fourth-order valence-corrected chi connectivity index (χ4v) is 1.56. The normalized spacial score (nSPS) is 10.0. The molecule has 0 bridgehead atoms. The molecule has 0 aromatic heterocycles. The Labute approximate surface area is 100 Å². The van der Waals surface area contributed by atoms with Crippen LogP contribution in [0.4, 0.5) is 0 Å². The van der Waals surface area contributed by atoms with Crippen LogP contribution in [-0.4, -0.2) is 24.0 Å². The molecule has 0 spiro atoms. The minimum atomic E-state index is -0.692. The number of carbonyl (C=O) groups is 2. The Morgan fingerprint density at radius 3 is 2.65 bits per heavy atom. The molecular formula is C13H16O4. The summed E-state index contributed by atoms with van der Waals surface area (Å²) in [5.74, 6) is -1.06. The van der Waals surface area contributed by atoms with Crippen LogP contribution in [0.25, 0.3) is 0 Å². The van der Waals surface area contributed by atoms with Gasteiger partial charge in [-0.2, -0.15) is 0 Å². The van der Waals surface area contributed by atoms with E-state index in [0.717, 1.165) is 12.8 Å². The maximum atomic E-state index is 11.9. The van der Waals surface area contributed by atoms with E-state index in [1.54, 1.807) is 6.07 Å². The Morgan fingerprint density at radius 1 is 1.35 bits per heavy atom. The quantitative estimate of drug-likeness (QED) is 0.630. The van der Waals surface area contributed by atoms with Crippen LogP contribution in [0.3, 0.4) is 0 Å². The van der Waals surface area contributed by atoms with Crippen molar-refractivity contribution < 1.29 is 19.4 Å². The van der Waals surface area contributed by atoms with Gasteiger partial charge in [-0.25, -0.2) is 4.79 Å². The first-order valence-electron chi connectivity index (χ1n) is 5.55. The predicted octanol–water partition coefficient (Wildman–Crippen LogP) is 2.55. The van der Waals surface area contributed by atoms with E-state index >= 15 is 0 Å². The lowest BCUT2D eigenvalue weighted by Gasteiger charge is -2.08. The van der Waals surface area contributed by atoms with Crippen molar-refractivity contribution in [3.05, 3.63) is 29.3 Å². The number of phenols is 1. The minimum Gasteiger partial charge on any atom is -0.507 e. The highest BCUT2D eigenvalue weighted by atomic mass is 16.5. The number of ketones is 1. The minimum absolute atomic E-state index is 0.0453. The number of ether oxygens (including phenoxy) is 1. The van der Waals surface area contributed by atoms with E-state index in [9.17, 15) is 14.7 Å². The fraction of sp³-hybridized carbons (Fsp3) is 0.385. The second kappa shape index (κ2) is 6.03. The molecule has 0 saturated carbocycles. The van der Waals surface area contributed by atoms with Gasteiger partial charge in [0.1, 0.15) is 11.3 Å². The maximum Gasteiger partial charge on any atom is 0.342 e. The second-order valence-electron chi connectivity index (χ2n) is 3.72. The molecule has 0 radical (unpaired) electrons. The molecule has 92 valence electrons. The molecule has 0 aliphatic carbocycles. The summed E-state index contributed by atoms with van der Waals surface area (Å²) in [6, 6.07) is 4.44. The standard InChI is InChI=1S/C13H16O4/c1-3-4-7-10(14)9-6-5-8-11(15)12(9)13(16)17-2/h5-6,8,15H,3-4,7H2,1-2H3.